The fourth-order valence-corrected chi connectivity index (χ4v) is 3.36. The maximum Gasteiger partial charge on any atom is 0.391 e. The Hall–Kier alpha value is -2.38. The molecule has 0 bridgehead atoms. The summed E-state index contributed by atoms with van der Waals surface area (Å²) in [6.45, 7) is 0.569. The third kappa shape index (κ3) is 5.06. The first-order valence-corrected chi connectivity index (χ1v) is 8.68. The lowest BCUT2D eigenvalue weighted by molar-refractivity contribution is -0.183. The van der Waals surface area contributed by atoms with Crippen molar-refractivity contribution in [3.63, 3.8) is 0 Å². The molecular formula is C18H21F3N4O. The van der Waals surface area contributed by atoms with Crippen LogP contribution in [0.15, 0.2) is 36.9 Å². The largest absolute Gasteiger partial charge is 0.391 e. The topological polar surface area (TPSA) is 59.8 Å². The van der Waals surface area contributed by atoms with Gasteiger partial charge in [-0.1, -0.05) is 0 Å². The van der Waals surface area contributed by atoms with Gasteiger partial charge in [0.2, 0.25) is 5.91 Å². The molecule has 2 aromatic rings. The van der Waals surface area contributed by atoms with Crippen LogP contribution in [-0.4, -0.2) is 26.8 Å². The Balaban J connectivity index is 1.46. The van der Waals surface area contributed by atoms with E-state index < -0.39 is 12.1 Å². The summed E-state index contributed by atoms with van der Waals surface area (Å²) in [5.74, 6) is -1.38. The fraction of sp³-hybridized carbons (Fsp3) is 0.500. The van der Waals surface area contributed by atoms with Crippen molar-refractivity contribution in [3.8, 4) is 0 Å². The lowest BCUT2D eigenvalue weighted by Crippen LogP contribution is -2.29. The molecule has 0 atom stereocenters. The monoisotopic (exact) mass is 366 g/mol. The van der Waals surface area contributed by atoms with Crippen molar-refractivity contribution in [2.75, 3.05) is 5.32 Å². The zero-order chi connectivity index (χ0) is 18.6. The molecule has 1 N–H and O–H groups in total. The van der Waals surface area contributed by atoms with Gasteiger partial charge in [0, 0.05) is 25.0 Å². The predicted octanol–water partition coefficient (Wildman–Crippen LogP) is 4.02. The minimum absolute atomic E-state index is 0.0143. The van der Waals surface area contributed by atoms with Gasteiger partial charge in [0.25, 0.3) is 0 Å². The maximum absolute atomic E-state index is 12.7. The van der Waals surface area contributed by atoms with E-state index in [9.17, 15) is 18.0 Å². The Morgan fingerprint density at radius 2 is 1.88 bits per heavy atom. The van der Waals surface area contributed by atoms with Gasteiger partial charge in [0.05, 0.1) is 24.3 Å². The first-order valence-electron chi connectivity index (χ1n) is 8.68. The predicted molar refractivity (Wildman–Crippen MR) is 90.3 cm³/mol. The van der Waals surface area contributed by atoms with Crippen LogP contribution in [0, 0.1) is 11.8 Å². The number of halogens is 3. The zero-order valence-electron chi connectivity index (χ0n) is 14.2. The van der Waals surface area contributed by atoms with E-state index in [1.54, 1.807) is 29.5 Å². The van der Waals surface area contributed by atoms with Crippen molar-refractivity contribution in [1.82, 2.24) is 14.8 Å². The molecular weight excluding hydrogens is 345 g/mol. The fourth-order valence-electron chi connectivity index (χ4n) is 3.36. The molecule has 0 aromatic carbocycles. The van der Waals surface area contributed by atoms with Crippen molar-refractivity contribution in [1.29, 1.82) is 0 Å². The first kappa shape index (κ1) is 18.4. The minimum atomic E-state index is -4.11. The number of alkyl halides is 3. The molecule has 0 aliphatic heterocycles. The number of nitrogens with zero attached hydrogens (tertiary/aromatic N) is 3. The molecule has 0 radical (unpaired) electrons. The van der Waals surface area contributed by atoms with E-state index in [4.69, 9.17) is 0 Å². The summed E-state index contributed by atoms with van der Waals surface area (Å²) in [7, 11) is 0. The van der Waals surface area contributed by atoms with Crippen LogP contribution >= 0.6 is 0 Å². The third-order valence-corrected chi connectivity index (χ3v) is 4.79. The minimum Gasteiger partial charge on any atom is -0.323 e. The van der Waals surface area contributed by atoms with Crippen molar-refractivity contribution >= 4 is 11.6 Å². The number of pyridine rings is 1. The van der Waals surface area contributed by atoms with Crippen LogP contribution < -0.4 is 5.32 Å². The molecule has 0 saturated heterocycles. The van der Waals surface area contributed by atoms with Crippen LogP contribution in [0.1, 0.15) is 37.7 Å². The Labute approximate surface area is 149 Å². The molecule has 5 nitrogen and oxygen atoms in total. The molecule has 1 saturated carbocycles. The second kappa shape index (κ2) is 7.88. The van der Waals surface area contributed by atoms with Crippen LogP contribution in [0.4, 0.5) is 18.9 Å². The van der Waals surface area contributed by atoms with Gasteiger partial charge in [-0.3, -0.25) is 14.5 Å². The van der Waals surface area contributed by atoms with Crippen LogP contribution in [0.25, 0.3) is 0 Å². The van der Waals surface area contributed by atoms with Crippen molar-refractivity contribution in [2.45, 2.75) is 44.8 Å². The molecule has 1 aliphatic rings. The van der Waals surface area contributed by atoms with Crippen LogP contribution in [0.5, 0.6) is 0 Å². The highest BCUT2D eigenvalue weighted by Gasteiger charge is 2.41. The summed E-state index contributed by atoms with van der Waals surface area (Å²) in [4.78, 5) is 16.1. The molecule has 26 heavy (non-hydrogen) atoms. The van der Waals surface area contributed by atoms with Gasteiger partial charge in [0.15, 0.2) is 0 Å². The van der Waals surface area contributed by atoms with Gasteiger partial charge < -0.3 is 5.32 Å². The van der Waals surface area contributed by atoms with Crippen LogP contribution in [-0.2, 0) is 11.3 Å². The highest BCUT2D eigenvalue weighted by molar-refractivity contribution is 5.90. The molecule has 8 heteroatoms. The van der Waals surface area contributed by atoms with Crippen LogP contribution in [0.3, 0.4) is 0 Å². The van der Waals surface area contributed by atoms with E-state index >= 15 is 0 Å². The second-order valence-electron chi connectivity index (χ2n) is 6.79. The van der Waals surface area contributed by atoms with E-state index in [0.29, 0.717) is 25.1 Å². The number of hydrogen-bond acceptors (Lipinski definition) is 3. The van der Waals surface area contributed by atoms with Gasteiger partial charge in [0.1, 0.15) is 0 Å². The first-order chi connectivity index (χ1) is 12.4. The number of carbonyl (C=O) groups excluding carboxylic acids is 1. The van der Waals surface area contributed by atoms with Gasteiger partial charge in [-0.25, -0.2) is 0 Å². The molecule has 1 aliphatic carbocycles. The Morgan fingerprint density at radius 1 is 1.19 bits per heavy atom. The number of anilines is 1. The standard InChI is InChI=1S/C18H21F3N4O/c19-18(20,21)15-3-1-13(2-4-15)9-17(26)24-16-10-23-25(12-16)11-14-5-7-22-8-6-14/h5-8,10,12-13,15H,1-4,9,11H2,(H,24,26). The molecule has 2 aromatic heterocycles. The molecule has 140 valence electrons. The van der Waals surface area contributed by atoms with Crippen LogP contribution in [0.2, 0.25) is 0 Å². The van der Waals surface area contributed by atoms with Crippen molar-refractivity contribution < 1.29 is 18.0 Å². The summed E-state index contributed by atoms with van der Waals surface area (Å²) < 4.78 is 39.8. The highest BCUT2D eigenvalue weighted by atomic mass is 19.4. The maximum atomic E-state index is 12.7. The molecule has 2 heterocycles. The number of rotatable bonds is 5. The van der Waals surface area contributed by atoms with Gasteiger partial charge in [-0.2, -0.15) is 18.3 Å². The lowest BCUT2D eigenvalue weighted by Gasteiger charge is -2.29. The Bertz CT molecular complexity index is 722. The third-order valence-electron chi connectivity index (χ3n) is 4.79. The zero-order valence-corrected chi connectivity index (χ0v) is 14.2. The van der Waals surface area contributed by atoms with Crippen molar-refractivity contribution in [3.05, 3.63) is 42.5 Å². The number of aromatic nitrogens is 3. The van der Waals surface area contributed by atoms with Gasteiger partial charge >= 0.3 is 6.18 Å². The van der Waals surface area contributed by atoms with Crippen molar-refractivity contribution in [2.24, 2.45) is 11.8 Å². The van der Waals surface area contributed by atoms with Gasteiger partial charge in [-0.15, -0.1) is 0 Å². The normalized spacial score (nSPS) is 20.7. The molecule has 1 amide bonds. The van der Waals surface area contributed by atoms with E-state index in [1.165, 1.54) is 0 Å². The van der Waals surface area contributed by atoms with E-state index in [-0.39, 0.29) is 31.1 Å². The summed E-state index contributed by atoms with van der Waals surface area (Å²) in [6.07, 6.45) is 3.97. The average molecular weight is 366 g/mol. The van der Waals surface area contributed by atoms with E-state index in [0.717, 1.165) is 5.56 Å². The van der Waals surface area contributed by atoms with E-state index in [1.807, 2.05) is 12.1 Å². The SMILES string of the molecule is O=C(CC1CCC(C(F)(F)F)CC1)Nc1cnn(Cc2ccncc2)c1. The summed E-state index contributed by atoms with van der Waals surface area (Å²) in [6, 6.07) is 3.77. The quantitative estimate of drug-likeness (QED) is 0.869. The summed E-state index contributed by atoms with van der Waals surface area (Å²) >= 11 is 0. The average Bonchev–Trinajstić information content (AvgIpc) is 3.02. The molecule has 0 unspecified atom stereocenters. The summed E-state index contributed by atoms with van der Waals surface area (Å²) in [5, 5.41) is 6.98. The number of carbonyl (C=O) groups is 1. The molecule has 1 fully saturated rings. The number of nitrogens with one attached hydrogen (secondary N) is 1. The van der Waals surface area contributed by atoms with E-state index in [2.05, 4.69) is 15.4 Å². The lowest BCUT2D eigenvalue weighted by atomic mass is 9.80. The number of hydrogen-bond donors (Lipinski definition) is 1. The molecule has 0 spiro atoms. The molecule has 3 rings (SSSR count). The smallest absolute Gasteiger partial charge is 0.323 e. The Kier molecular flexibility index (Phi) is 5.58. The van der Waals surface area contributed by atoms with Gasteiger partial charge in [-0.05, 0) is 49.3 Å². The summed E-state index contributed by atoms with van der Waals surface area (Å²) in [5.41, 5.74) is 1.63. The highest BCUT2D eigenvalue weighted by Crippen LogP contribution is 2.40. The Morgan fingerprint density at radius 3 is 2.54 bits per heavy atom. The second-order valence-corrected chi connectivity index (χ2v) is 6.79. The number of amides is 1.